The van der Waals surface area contributed by atoms with Gasteiger partial charge in [0, 0.05) is 6.26 Å². The van der Waals surface area contributed by atoms with Gasteiger partial charge in [-0.2, -0.15) is 0 Å². The molecule has 1 N–H and O–H groups in total. The average Bonchev–Trinajstić information content (AvgIpc) is 2.53. The van der Waals surface area contributed by atoms with Crippen molar-refractivity contribution in [2.45, 2.75) is 42.5 Å². The van der Waals surface area contributed by atoms with Crippen LogP contribution in [0.15, 0.2) is 53.4 Å². The molecule has 3 rings (SSSR count). The smallest absolute Gasteiger partial charge is 0.231 e. The Labute approximate surface area is 153 Å². The first-order valence-electron chi connectivity index (χ1n) is 8.59. The zero-order valence-electron chi connectivity index (χ0n) is 14.8. The van der Waals surface area contributed by atoms with Gasteiger partial charge in [-0.05, 0) is 55.2 Å². The van der Waals surface area contributed by atoms with E-state index in [1.807, 2.05) is 6.92 Å². The van der Waals surface area contributed by atoms with Crippen LogP contribution in [-0.4, -0.2) is 20.6 Å². The van der Waals surface area contributed by atoms with E-state index >= 15 is 0 Å². The van der Waals surface area contributed by atoms with E-state index in [0.717, 1.165) is 18.2 Å². The van der Waals surface area contributed by atoms with Crippen LogP contribution >= 0.6 is 0 Å². The molecule has 4 nitrogen and oxygen atoms in total. The Balaban J connectivity index is 1.78. The zero-order chi connectivity index (χ0) is 18.9. The lowest BCUT2D eigenvalue weighted by Gasteiger charge is -2.41. The third-order valence-corrected chi connectivity index (χ3v) is 6.30. The monoisotopic (exact) mass is 375 g/mol. The van der Waals surface area contributed by atoms with Crippen molar-refractivity contribution in [2.75, 3.05) is 6.26 Å². The maximum atomic E-state index is 13.6. The second-order valence-electron chi connectivity index (χ2n) is 6.98. The summed E-state index contributed by atoms with van der Waals surface area (Å²) < 4.78 is 36.7. The summed E-state index contributed by atoms with van der Waals surface area (Å²) in [5.74, 6) is -0.458. The van der Waals surface area contributed by atoms with Crippen LogP contribution < -0.4 is 5.32 Å². The van der Waals surface area contributed by atoms with E-state index < -0.39 is 15.3 Å². The lowest BCUT2D eigenvalue weighted by atomic mass is 9.63. The Morgan fingerprint density at radius 3 is 2.31 bits per heavy atom. The van der Waals surface area contributed by atoms with Gasteiger partial charge < -0.3 is 5.32 Å². The van der Waals surface area contributed by atoms with Crippen molar-refractivity contribution in [3.8, 4) is 0 Å². The molecular weight excluding hydrogens is 353 g/mol. The van der Waals surface area contributed by atoms with Crippen LogP contribution in [0.3, 0.4) is 0 Å². The quantitative estimate of drug-likeness (QED) is 0.870. The van der Waals surface area contributed by atoms with Crippen LogP contribution in [0.4, 0.5) is 4.39 Å². The first kappa shape index (κ1) is 18.6. The Morgan fingerprint density at radius 2 is 1.81 bits per heavy atom. The summed E-state index contributed by atoms with van der Waals surface area (Å²) in [5.41, 5.74) is 0.851. The highest BCUT2D eigenvalue weighted by Gasteiger charge is 2.46. The number of carbonyl (C=O) groups is 1. The highest BCUT2D eigenvalue weighted by Crippen LogP contribution is 2.44. The minimum absolute atomic E-state index is 0.117. The summed E-state index contributed by atoms with van der Waals surface area (Å²) in [6, 6.07) is 12.5. The molecule has 6 heteroatoms. The first-order chi connectivity index (χ1) is 12.2. The van der Waals surface area contributed by atoms with Crippen LogP contribution in [-0.2, 0) is 20.0 Å². The SMILES string of the molecule is CC(NC(=O)C1(c2cccc(F)c2)CCC1)c1ccc(S(C)(=O)=O)cc1. The summed E-state index contributed by atoms with van der Waals surface area (Å²) in [4.78, 5) is 13.2. The van der Waals surface area contributed by atoms with Gasteiger partial charge in [-0.25, -0.2) is 12.8 Å². The molecule has 1 amide bonds. The maximum absolute atomic E-state index is 13.6. The number of rotatable bonds is 5. The highest BCUT2D eigenvalue weighted by molar-refractivity contribution is 7.90. The fraction of sp³-hybridized carbons (Fsp3) is 0.350. The van der Waals surface area contributed by atoms with E-state index in [9.17, 15) is 17.6 Å². The standard InChI is InChI=1S/C20H22FNO3S/c1-14(15-7-9-18(10-8-15)26(2,24)25)22-19(23)20(11-4-12-20)16-5-3-6-17(21)13-16/h3,5-10,13-14H,4,11-12H2,1-2H3,(H,22,23). The molecule has 1 atom stereocenters. The molecule has 0 bridgehead atoms. The zero-order valence-corrected chi connectivity index (χ0v) is 15.6. The van der Waals surface area contributed by atoms with Gasteiger partial charge >= 0.3 is 0 Å². The van der Waals surface area contributed by atoms with E-state index in [0.29, 0.717) is 18.4 Å². The minimum Gasteiger partial charge on any atom is -0.349 e. The number of sulfone groups is 1. The second-order valence-corrected chi connectivity index (χ2v) is 9.00. The largest absolute Gasteiger partial charge is 0.349 e. The van der Waals surface area contributed by atoms with E-state index in [1.54, 1.807) is 36.4 Å². The number of halogens is 1. The molecule has 2 aromatic carbocycles. The summed E-state index contributed by atoms with van der Waals surface area (Å²) in [6.07, 6.45) is 3.48. The number of hydrogen-bond donors (Lipinski definition) is 1. The van der Waals surface area contributed by atoms with Crippen LogP contribution in [0, 0.1) is 5.82 Å². The molecule has 1 saturated carbocycles. The molecule has 1 fully saturated rings. The molecule has 0 aromatic heterocycles. The van der Waals surface area contributed by atoms with Crippen LogP contribution in [0.5, 0.6) is 0 Å². The molecule has 0 spiro atoms. The van der Waals surface area contributed by atoms with Crippen LogP contribution in [0.2, 0.25) is 0 Å². The molecule has 2 aromatic rings. The maximum Gasteiger partial charge on any atom is 0.231 e. The molecule has 1 aliphatic carbocycles. The predicted molar refractivity (Wildman–Crippen MR) is 98.0 cm³/mol. The van der Waals surface area contributed by atoms with Gasteiger partial charge in [-0.15, -0.1) is 0 Å². The summed E-state index contributed by atoms with van der Waals surface area (Å²) in [6.45, 7) is 1.85. The van der Waals surface area contributed by atoms with E-state index in [1.165, 1.54) is 12.1 Å². The summed E-state index contributed by atoms with van der Waals surface area (Å²) >= 11 is 0. The Morgan fingerprint density at radius 1 is 1.15 bits per heavy atom. The lowest BCUT2D eigenvalue weighted by Crippen LogP contribution is -2.49. The number of carbonyl (C=O) groups excluding carboxylic acids is 1. The Hall–Kier alpha value is -2.21. The molecular formula is C20H22FNO3S. The highest BCUT2D eigenvalue weighted by atomic mass is 32.2. The molecule has 1 unspecified atom stereocenters. The first-order valence-corrected chi connectivity index (χ1v) is 10.5. The van der Waals surface area contributed by atoms with Crippen molar-refractivity contribution >= 4 is 15.7 Å². The number of nitrogens with one attached hydrogen (secondary N) is 1. The summed E-state index contributed by atoms with van der Waals surface area (Å²) in [7, 11) is -3.25. The molecule has 26 heavy (non-hydrogen) atoms. The van der Waals surface area contributed by atoms with Gasteiger partial charge in [0.25, 0.3) is 0 Å². The third-order valence-electron chi connectivity index (χ3n) is 5.17. The Kier molecular flexibility index (Phi) is 4.88. The van der Waals surface area contributed by atoms with E-state index in [4.69, 9.17) is 0 Å². The van der Waals surface area contributed by atoms with Crippen molar-refractivity contribution in [1.29, 1.82) is 0 Å². The predicted octanol–water partition coefficient (Wildman–Crippen LogP) is 3.53. The third kappa shape index (κ3) is 3.51. The second kappa shape index (κ2) is 6.83. The molecule has 0 saturated heterocycles. The topological polar surface area (TPSA) is 63.2 Å². The van der Waals surface area contributed by atoms with Gasteiger partial charge in [-0.1, -0.05) is 30.7 Å². The van der Waals surface area contributed by atoms with Crippen molar-refractivity contribution in [3.05, 3.63) is 65.5 Å². The Bertz CT molecular complexity index is 918. The van der Waals surface area contributed by atoms with E-state index in [-0.39, 0.29) is 22.7 Å². The van der Waals surface area contributed by atoms with Crippen LogP contribution in [0.25, 0.3) is 0 Å². The van der Waals surface area contributed by atoms with Gasteiger partial charge in [0.15, 0.2) is 9.84 Å². The van der Waals surface area contributed by atoms with Crippen molar-refractivity contribution in [1.82, 2.24) is 5.32 Å². The fourth-order valence-corrected chi connectivity index (χ4v) is 4.02. The normalized spacial score (nSPS) is 17.2. The van der Waals surface area contributed by atoms with Gasteiger partial charge in [0.1, 0.15) is 5.82 Å². The number of hydrogen-bond acceptors (Lipinski definition) is 3. The fourth-order valence-electron chi connectivity index (χ4n) is 3.39. The molecule has 0 radical (unpaired) electrons. The molecule has 138 valence electrons. The summed E-state index contributed by atoms with van der Waals surface area (Å²) in [5, 5.41) is 3.00. The van der Waals surface area contributed by atoms with Crippen molar-refractivity contribution < 1.29 is 17.6 Å². The molecule has 1 aliphatic rings. The average molecular weight is 375 g/mol. The van der Waals surface area contributed by atoms with Crippen molar-refractivity contribution in [2.24, 2.45) is 0 Å². The minimum atomic E-state index is -3.25. The van der Waals surface area contributed by atoms with E-state index in [2.05, 4.69) is 5.32 Å². The molecule has 0 aliphatic heterocycles. The number of amides is 1. The van der Waals surface area contributed by atoms with Gasteiger partial charge in [0.2, 0.25) is 5.91 Å². The molecule has 0 heterocycles. The van der Waals surface area contributed by atoms with Crippen LogP contribution in [0.1, 0.15) is 43.4 Å². The van der Waals surface area contributed by atoms with Crippen molar-refractivity contribution in [3.63, 3.8) is 0 Å². The van der Waals surface area contributed by atoms with Gasteiger partial charge in [-0.3, -0.25) is 4.79 Å². The number of benzene rings is 2. The lowest BCUT2D eigenvalue weighted by molar-refractivity contribution is -0.130. The van der Waals surface area contributed by atoms with Gasteiger partial charge in [0.05, 0.1) is 16.4 Å².